The second-order valence-electron chi connectivity index (χ2n) is 5.67. The summed E-state index contributed by atoms with van der Waals surface area (Å²) in [5, 5.41) is 13.8. The van der Waals surface area contributed by atoms with E-state index in [2.05, 4.69) is 5.16 Å². The van der Waals surface area contributed by atoms with Crippen LogP contribution in [0.15, 0.2) is 4.52 Å². The summed E-state index contributed by atoms with van der Waals surface area (Å²) < 4.78 is 5.11. The molecular formula is C14H22N2O3S. The van der Waals surface area contributed by atoms with Gasteiger partial charge in [0, 0.05) is 24.4 Å². The minimum absolute atomic E-state index is 0.150. The van der Waals surface area contributed by atoms with Gasteiger partial charge in [0.25, 0.3) is 0 Å². The number of thioether (sulfide) groups is 1. The lowest BCUT2D eigenvalue weighted by Crippen LogP contribution is -2.45. The first kappa shape index (κ1) is 15.4. The lowest BCUT2D eigenvalue weighted by Gasteiger charge is -2.35. The van der Waals surface area contributed by atoms with Crippen LogP contribution in [0.1, 0.15) is 36.8 Å². The zero-order valence-electron chi connectivity index (χ0n) is 12.3. The number of nitrogens with zero attached hydrogens (tertiary/aromatic N) is 2. The lowest BCUT2D eigenvalue weighted by atomic mass is 9.94. The van der Waals surface area contributed by atoms with Gasteiger partial charge in [-0.15, -0.1) is 11.8 Å². The molecule has 1 aliphatic rings. The maximum Gasteiger partial charge on any atom is 0.232 e. The summed E-state index contributed by atoms with van der Waals surface area (Å²) in [4.78, 5) is 13.9. The van der Waals surface area contributed by atoms with Gasteiger partial charge in [-0.3, -0.25) is 4.79 Å². The van der Waals surface area contributed by atoms with Crippen molar-refractivity contribution in [3.05, 3.63) is 17.0 Å². The Bertz CT molecular complexity index is 455. The molecule has 112 valence electrons. The van der Waals surface area contributed by atoms with Gasteiger partial charge in [-0.25, -0.2) is 0 Å². The van der Waals surface area contributed by atoms with Gasteiger partial charge in [0.2, 0.25) is 5.91 Å². The molecule has 0 aromatic carbocycles. The Balaban J connectivity index is 1.76. The molecule has 0 spiro atoms. The molecule has 0 radical (unpaired) electrons. The molecule has 1 aliphatic heterocycles. The summed E-state index contributed by atoms with van der Waals surface area (Å²) in [5.74, 6) is 2.19. The van der Waals surface area contributed by atoms with E-state index in [-0.39, 0.29) is 5.91 Å². The molecule has 20 heavy (non-hydrogen) atoms. The normalized spacial score (nSPS) is 18.3. The zero-order chi connectivity index (χ0) is 14.8. The van der Waals surface area contributed by atoms with E-state index in [1.54, 1.807) is 11.8 Å². The summed E-state index contributed by atoms with van der Waals surface area (Å²) in [6, 6.07) is 0. The van der Waals surface area contributed by atoms with Crippen LogP contribution in [0.25, 0.3) is 0 Å². The molecule has 1 amide bonds. The summed E-state index contributed by atoms with van der Waals surface area (Å²) >= 11 is 1.59. The van der Waals surface area contributed by atoms with E-state index in [9.17, 15) is 9.90 Å². The predicted molar refractivity (Wildman–Crippen MR) is 78.6 cm³/mol. The van der Waals surface area contributed by atoms with Crippen LogP contribution in [0, 0.1) is 13.8 Å². The maximum absolute atomic E-state index is 12.1. The number of aromatic nitrogens is 1. The third-order valence-corrected chi connectivity index (χ3v) is 4.79. The van der Waals surface area contributed by atoms with Gasteiger partial charge in [0.15, 0.2) is 0 Å². The van der Waals surface area contributed by atoms with Crippen molar-refractivity contribution in [3.63, 3.8) is 0 Å². The van der Waals surface area contributed by atoms with Gasteiger partial charge in [0.05, 0.1) is 17.0 Å². The van der Waals surface area contributed by atoms with Crippen molar-refractivity contribution in [2.75, 3.05) is 18.8 Å². The van der Waals surface area contributed by atoms with E-state index in [1.165, 1.54) is 0 Å². The second kappa shape index (κ2) is 6.18. The fraction of sp³-hybridized carbons (Fsp3) is 0.714. The number of rotatable bonds is 4. The molecule has 0 atom stereocenters. The Morgan fingerprint density at radius 2 is 2.10 bits per heavy atom. The van der Waals surface area contributed by atoms with Crippen LogP contribution in [-0.2, 0) is 10.5 Å². The molecule has 0 aliphatic carbocycles. The summed E-state index contributed by atoms with van der Waals surface area (Å²) in [6.45, 7) is 6.95. The maximum atomic E-state index is 12.1. The molecule has 1 saturated heterocycles. The van der Waals surface area contributed by atoms with Gasteiger partial charge in [-0.1, -0.05) is 5.16 Å². The molecule has 2 heterocycles. The number of carbonyl (C=O) groups excluding carboxylic acids is 1. The van der Waals surface area contributed by atoms with E-state index in [4.69, 9.17) is 4.52 Å². The first-order valence-electron chi connectivity index (χ1n) is 6.89. The fourth-order valence-corrected chi connectivity index (χ4v) is 3.35. The average Bonchev–Trinajstić information content (AvgIpc) is 2.70. The molecule has 0 saturated carbocycles. The van der Waals surface area contributed by atoms with E-state index >= 15 is 0 Å². The largest absolute Gasteiger partial charge is 0.390 e. The van der Waals surface area contributed by atoms with Crippen LogP contribution in [0.5, 0.6) is 0 Å². The lowest BCUT2D eigenvalue weighted by molar-refractivity contribution is -0.132. The van der Waals surface area contributed by atoms with Gasteiger partial charge < -0.3 is 14.5 Å². The quantitative estimate of drug-likeness (QED) is 0.919. The zero-order valence-corrected chi connectivity index (χ0v) is 13.1. The van der Waals surface area contributed by atoms with Crippen LogP contribution in [0.2, 0.25) is 0 Å². The SMILES string of the molecule is Cc1noc(C)c1CSCC(=O)N1CCC(C)(O)CC1. The van der Waals surface area contributed by atoms with Crippen LogP contribution in [-0.4, -0.2) is 45.5 Å². The smallest absolute Gasteiger partial charge is 0.232 e. The van der Waals surface area contributed by atoms with Crippen molar-refractivity contribution >= 4 is 17.7 Å². The van der Waals surface area contributed by atoms with Crippen molar-refractivity contribution in [1.29, 1.82) is 0 Å². The van der Waals surface area contributed by atoms with Crippen molar-refractivity contribution in [3.8, 4) is 0 Å². The summed E-state index contributed by atoms with van der Waals surface area (Å²) in [7, 11) is 0. The molecule has 0 bridgehead atoms. The molecule has 1 aromatic heterocycles. The number of carbonyl (C=O) groups is 1. The number of aryl methyl sites for hydroxylation is 2. The number of hydrogen-bond acceptors (Lipinski definition) is 5. The van der Waals surface area contributed by atoms with Gasteiger partial charge >= 0.3 is 0 Å². The van der Waals surface area contributed by atoms with Crippen LogP contribution < -0.4 is 0 Å². The van der Waals surface area contributed by atoms with Crippen molar-refractivity contribution in [2.24, 2.45) is 0 Å². The average molecular weight is 298 g/mol. The topological polar surface area (TPSA) is 66.6 Å². The number of aliphatic hydroxyl groups is 1. The van der Waals surface area contributed by atoms with E-state index in [0.29, 0.717) is 31.7 Å². The molecule has 2 rings (SSSR count). The Morgan fingerprint density at radius 3 is 2.65 bits per heavy atom. The molecule has 5 nitrogen and oxygen atoms in total. The first-order valence-corrected chi connectivity index (χ1v) is 8.04. The Hall–Kier alpha value is -1.01. The molecule has 1 fully saturated rings. The van der Waals surface area contributed by atoms with Gasteiger partial charge in [0.1, 0.15) is 5.76 Å². The first-order chi connectivity index (χ1) is 9.39. The fourth-order valence-electron chi connectivity index (χ4n) is 2.28. The minimum Gasteiger partial charge on any atom is -0.390 e. The third kappa shape index (κ3) is 3.76. The predicted octanol–water partition coefficient (Wildman–Crippen LogP) is 1.90. The number of piperidine rings is 1. The van der Waals surface area contributed by atoms with Crippen LogP contribution >= 0.6 is 11.8 Å². The highest BCUT2D eigenvalue weighted by molar-refractivity contribution is 7.99. The number of hydrogen-bond donors (Lipinski definition) is 1. The highest BCUT2D eigenvalue weighted by atomic mass is 32.2. The molecular weight excluding hydrogens is 276 g/mol. The van der Waals surface area contributed by atoms with Crippen molar-refractivity contribution in [1.82, 2.24) is 10.1 Å². The highest BCUT2D eigenvalue weighted by Crippen LogP contribution is 2.23. The molecule has 6 heteroatoms. The molecule has 0 unspecified atom stereocenters. The monoisotopic (exact) mass is 298 g/mol. The third-order valence-electron chi connectivity index (χ3n) is 3.85. The Kier molecular flexibility index (Phi) is 4.75. The van der Waals surface area contributed by atoms with E-state index < -0.39 is 5.60 Å². The standard InChI is InChI=1S/C14H22N2O3S/c1-10-12(11(2)19-15-10)8-20-9-13(17)16-6-4-14(3,18)5-7-16/h18H,4-9H2,1-3H3. The Morgan fingerprint density at radius 1 is 1.45 bits per heavy atom. The number of likely N-dealkylation sites (tertiary alicyclic amines) is 1. The van der Waals surface area contributed by atoms with Crippen molar-refractivity contribution < 1.29 is 14.4 Å². The van der Waals surface area contributed by atoms with E-state index in [0.717, 1.165) is 22.8 Å². The van der Waals surface area contributed by atoms with Crippen LogP contribution in [0.3, 0.4) is 0 Å². The molecule has 1 N–H and O–H groups in total. The van der Waals surface area contributed by atoms with Gasteiger partial charge in [-0.05, 0) is 33.6 Å². The van der Waals surface area contributed by atoms with E-state index in [1.807, 2.05) is 25.7 Å². The van der Waals surface area contributed by atoms with Gasteiger partial charge in [-0.2, -0.15) is 0 Å². The van der Waals surface area contributed by atoms with Crippen molar-refractivity contribution in [2.45, 2.75) is 45.0 Å². The number of amides is 1. The highest BCUT2D eigenvalue weighted by Gasteiger charge is 2.29. The minimum atomic E-state index is -0.611. The second-order valence-corrected chi connectivity index (χ2v) is 6.66. The molecule has 1 aromatic rings. The summed E-state index contributed by atoms with van der Waals surface area (Å²) in [6.07, 6.45) is 1.32. The summed E-state index contributed by atoms with van der Waals surface area (Å²) in [5.41, 5.74) is 1.38. The van der Waals surface area contributed by atoms with Crippen LogP contribution in [0.4, 0.5) is 0 Å². The Labute approximate surface area is 123 Å².